The number of alkyl halides is 1. The summed E-state index contributed by atoms with van der Waals surface area (Å²) >= 11 is 5.54. The maximum atomic E-state index is 6.00. The van der Waals surface area contributed by atoms with Gasteiger partial charge in [-0.1, -0.05) is 22.0 Å². The number of hydrogen-bond acceptors (Lipinski definition) is 5. The largest absolute Gasteiger partial charge is 0.493 e. The maximum Gasteiger partial charge on any atom is 0.162 e. The monoisotopic (exact) mass is 436 g/mol. The fourth-order valence-corrected chi connectivity index (χ4v) is 5.59. The number of methoxy groups -OCH3 is 1. The Hall–Kier alpha value is -1.11. The lowest BCUT2D eigenvalue weighted by Gasteiger charge is -2.27. The number of allylic oxidation sites excluding steroid dienone is 1. The maximum absolute atomic E-state index is 6.00. The molecule has 140 valence electrons. The number of rotatable bonds is 6. The van der Waals surface area contributed by atoms with Crippen LogP contribution in [0.15, 0.2) is 41.0 Å². The Morgan fingerprint density at radius 1 is 1.19 bits per heavy atom. The summed E-state index contributed by atoms with van der Waals surface area (Å²) in [4.78, 5) is 6.13. The highest BCUT2D eigenvalue weighted by atomic mass is 79.9. The second kappa shape index (κ2) is 8.28. The van der Waals surface area contributed by atoms with Crippen LogP contribution in [0.3, 0.4) is 0 Å². The van der Waals surface area contributed by atoms with Crippen molar-refractivity contribution in [2.24, 2.45) is 0 Å². The van der Waals surface area contributed by atoms with Crippen LogP contribution in [0, 0.1) is 0 Å². The van der Waals surface area contributed by atoms with Crippen LogP contribution < -0.4 is 14.4 Å². The van der Waals surface area contributed by atoms with Crippen molar-refractivity contribution in [2.45, 2.75) is 23.4 Å². The molecule has 4 nitrogen and oxygen atoms in total. The lowest BCUT2D eigenvalue weighted by atomic mass is 10.1. The number of likely N-dealkylation sites (tertiary alicyclic amines) is 1. The first-order chi connectivity index (χ1) is 12.7. The van der Waals surface area contributed by atoms with E-state index in [0.717, 1.165) is 36.7 Å². The minimum Gasteiger partial charge on any atom is -0.493 e. The molecule has 1 saturated heterocycles. The van der Waals surface area contributed by atoms with Crippen molar-refractivity contribution in [3.8, 4) is 11.5 Å². The molecule has 0 amide bonds. The first-order valence-corrected chi connectivity index (χ1v) is 11.1. The summed E-state index contributed by atoms with van der Waals surface area (Å²) in [7, 11) is 1.71. The SMILES string of the molecule is COc1cc(N2C=C3SC(Br)C=C3CC2)ccc1OCCN1CCCC1. The third kappa shape index (κ3) is 4.07. The van der Waals surface area contributed by atoms with E-state index in [1.165, 1.54) is 36.4 Å². The molecule has 4 rings (SSSR count). The molecule has 0 aromatic heterocycles. The number of hydrogen-bond donors (Lipinski definition) is 0. The molecule has 1 unspecified atom stereocenters. The lowest BCUT2D eigenvalue weighted by molar-refractivity contribution is 0.230. The van der Waals surface area contributed by atoms with E-state index >= 15 is 0 Å². The molecule has 1 aromatic carbocycles. The van der Waals surface area contributed by atoms with Crippen LogP contribution in [0.25, 0.3) is 0 Å². The number of nitrogens with zero attached hydrogens (tertiary/aromatic N) is 2. The smallest absolute Gasteiger partial charge is 0.162 e. The molecule has 3 heterocycles. The molecule has 0 radical (unpaired) electrons. The van der Waals surface area contributed by atoms with Gasteiger partial charge in [0.05, 0.1) is 11.3 Å². The van der Waals surface area contributed by atoms with E-state index in [9.17, 15) is 0 Å². The summed E-state index contributed by atoms with van der Waals surface area (Å²) in [6, 6.07) is 6.25. The fourth-order valence-electron chi connectivity index (χ4n) is 3.69. The second-order valence-corrected chi connectivity index (χ2v) is 9.61. The molecule has 3 aliphatic rings. The van der Waals surface area contributed by atoms with Gasteiger partial charge in [0.15, 0.2) is 11.5 Å². The van der Waals surface area contributed by atoms with E-state index < -0.39 is 0 Å². The number of thioether (sulfide) groups is 1. The molecule has 1 aromatic rings. The topological polar surface area (TPSA) is 24.9 Å². The van der Waals surface area contributed by atoms with Crippen LogP contribution in [0.4, 0.5) is 5.69 Å². The molecular weight excluding hydrogens is 412 g/mol. The van der Waals surface area contributed by atoms with Gasteiger partial charge < -0.3 is 14.4 Å². The molecule has 1 atom stereocenters. The summed E-state index contributed by atoms with van der Waals surface area (Å²) < 4.78 is 12.0. The number of benzene rings is 1. The molecule has 0 spiro atoms. The Balaban J connectivity index is 1.42. The molecule has 0 aliphatic carbocycles. The fraction of sp³-hybridized carbons (Fsp3) is 0.500. The Morgan fingerprint density at radius 3 is 2.85 bits per heavy atom. The minimum absolute atomic E-state index is 0.407. The van der Waals surface area contributed by atoms with Crippen molar-refractivity contribution in [1.82, 2.24) is 4.90 Å². The van der Waals surface area contributed by atoms with Crippen LogP contribution in [-0.2, 0) is 0 Å². The van der Waals surface area contributed by atoms with Gasteiger partial charge in [0.2, 0.25) is 0 Å². The van der Waals surface area contributed by atoms with Crippen molar-refractivity contribution in [3.63, 3.8) is 0 Å². The minimum atomic E-state index is 0.407. The molecule has 6 heteroatoms. The standard InChI is InChI=1S/C20H25BrN2O2S/c1-24-18-13-16(23-9-6-15-12-20(21)26-19(15)14-23)4-5-17(18)25-11-10-22-7-2-3-8-22/h4-5,12-14,20H,2-3,6-11H2,1H3. The van der Waals surface area contributed by atoms with Crippen LogP contribution in [0.5, 0.6) is 11.5 Å². The van der Waals surface area contributed by atoms with Gasteiger partial charge in [-0.15, -0.1) is 11.8 Å². The lowest BCUT2D eigenvalue weighted by Crippen LogP contribution is -2.25. The van der Waals surface area contributed by atoms with E-state index in [1.54, 1.807) is 7.11 Å². The van der Waals surface area contributed by atoms with Crippen molar-refractivity contribution in [1.29, 1.82) is 0 Å². The predicted octanol–water partition coefficient (Wildman–Crippen LogP) is 4.62. The number of halogens is 1. The van der Waals surface area contributed by atoms with Gasteiger partial charge in [-0.3, -0.25) is 4.90 Å². The zero-order valence-electron chi connectivity index (χ0n) is 15.1. The van der Waals surface area contributed by atoms with Gasteiger partial charge in [0.1, 0.15) is 6.61 Å². The molecule has 26 heavy (non-hydrogen) atoms. The highest BCUT2D eigenvalue weighted by Crippen LogP contribution is 2.44. The molecule has 3 aliphatic heterocycles. The van der Waals surface area contributed by atoms with E-state index in [2.05, 4.69) is 50.1 Å². The normalized spacial score (nSPS) is 22.8. The molecule has 0 bridgehead atoms. The quantitative estimate of drug-likeness (QED) is 0.605. The average Bonchev–Trinajstić information content (AvgIpc) is 3.29. The Kier molecular flexibility index (Phi) is 5.81. The highest BCUT2D eigenvalue weighted by molar-refractivity contribution is 9.11. The number of anilines is 1. The van der Waals surface area contributed by atoms with Crippen molar-refractivity contribution < 1.29 is 9.47 Å². The predicted molar refractivity (Wildman–Crippen MR) is 113 cm³/mol. The summed E-state index contributed by atoms with van der Waals surface area (Å²) in [6.07, 6.45) is 8.27. The third-order valence-corrected chi connectivity index (χ3v) is 6.93. The van der Waals surface area contributed by atoms with Crippen molar-refractivity contribution >= 4 is 33.4 Å². The molecule has 1 fully saturated rings. The van der Waals surface area contributed by atoms with Gasteiger partial charge in [-0.05, 0) is 50.1 Å². The van der Waals surface area contributed by atoms with Crippen LogP contribution in [0.2, 0.25) is 0 Å². The van der Waals surface area contributed by atoms with Gasteiger partial charge >= 0.3 is 0 Å². The van der Waals surface area contributed by atoms with Crippen LogP contribution in [-0.4, -0.2) is 49.0 Å². The first kappa shape index (κ1) is 18.3. The number of fused-ring (bicyclic) bond motifs is 1. The average molecular weight is 437 g/mol. The Bertz CT molecular complexity index is 716. The summed E-state index contributed by atoms with van der Waals surface area (Å²) in [5, 5.41) is 0. The Morgan fingerprint density at radius 2 is 2.04 bits per heavy atom. The molecule has 0 N–H and O–H groups in total. The Labute approximate surface area is 168 Å². The summed E-state index contributed by atoms with van der Waals surface area (Å²) in [5.41, 5.74) is 2.61. The van der Waals surface area contributed by atoms with Gasteiger partial charge in [-0.25, -0.2) is 0 Å². The van der Waals surface area contributed by atoms with E-state index in [4.69, 9.17) is 9.47 Å². The van der Waals surface area contributed by atoms with Crippen LogP contribution in [0.1, 0.15) is 19.3 Å². The highest BCUT2D eigenvalue weighted by Gasteiger charge is 2.24. The zero-order valence-corrected chi connectivity index (χ0v) is 17.5. The van der Waals surface area contributed by atoms with E-state index in [1.807, 2.05) is 17.8 Å². The molecule has 0 saturated carbocycles. The summed E-state index contributed by atoms with van der Waals surface area (Å²) in [6.45, 7) is 5.09. The van der Waals surface area contributed by atoms with Gasteiger partial charge in [0.25, 0.3) is 0 Å². The van der Waals surface area contributed by atoms with Crippen molar-refractivity contribution in [3.05, 3.63) is 41.0 Å². The zero-order chi connectivity index (χ0) is 17.9. The first-order valence-electron chi connectivity index (χ1n) is 9.26. The van der Waals surface area contributed by atoms with Crippen LogP contribution >= 0.6 is 27.7 Å². The third-order valence-electron chi connectivity index (χ3n) is 5.13. The van der Waals surface area contributed by atoms with Crippen molar-refractivity contribution in [2.75, 3.05) is 44.8 Å². The van der Waals surface area contributed by atoms with Gasteiger partial charge in [0, 0.05) is 35.9 Å². The molecular formula is C20H25BrN2O2S. The van der Waals surface area contributed by atoms with Gasteiger partial charge in [-0.2, -0.15) is 0 Å². The number of ether oxygens (including phenoxy) is 2. The van der Waals surface area contributed by atoms with E-state index in [0.29, 0.717) is 10.8 Å². The second-order valence-electron chi connectivity index (χ2n) is 6.83. The summed E-state index contributed by atoms with van der Waals surface area (Å²) in [5.74, 6) is 1.64. The van der Waals surface area contributed by atoms with E-state index in [-0.39, 0.29) is 0 Å².